The standard InChI is InChI=1S/C20H14ClFN4O3/c21-16-10-13(1-4-17(16)22)25-19-7-8-23-18-5-2-12(9-15(18)19)24-11-14-3-6-20(29-14)26(27)28/h1-10,24H,11H2,(H,23,25). The topological polar surface area (TPSA) is 93.2 Å². The van der Waals surface area contributed by atoms with Crippen molar-refractivity contribution in [2.45, 2.75) is 6.54 Å². The van der Waals surface area contributed by atoms with Gasteiger partial charge in [-0.25, -0.2) is 4.39 Å². The average molecular weight is 413 g/mol. The summed E-state index contributed by atoms with van der Waals surface area (Å²) in [4.78, 5) is 14.5. The molecule has 0 aliphatic carbocycles. The SMILES string of the molecule is O=[N+]([O-])c1ccc(CNc2ccc3nccc(Nc4ccc(F)c(Cl)c4)c3c2)o1. The highest BCUT2D eigenvalue weighted by atomic mass is 35.5. The number of benzene rings is 2. The predicted molar refractivity (Wildman–Crippen MR) is 109 cm³/mol. The quantitative estimate of drug-likeness (QED) is 0.303. The molecule has 9 heteroatoms. The summed E-state index contributed by atoms with van der Waals surface area (Å²) in [5.41, 5.74) is 2.97. The van der Waals surface area contributed by atoms with Crippen molar-refractivity contribution in [3.05, 3.63) is 87.5 Å². The zero-order valence-corrected chi connectivity index (χ0v) is 15.6. The average Bonchev–Trinajstić information content (AvgIpc) is 3.19. The van der Waals surface area contributed by atoms with E-state index in [1.165, 1.54) is 18.2 Å². The van der Waals surface area contributed by atoms with E-state index in [4.69, 9.17) is 16.0 Å². The summed E-state index contributed by atoms with van der Waals surface area (Å²) in [6.07, 6.45) is 1.67. The Kier molecular flexibility index (Phi) is 5.01. The lowest BCUT2D eigenvalue weighted by Crippen LogP contribution is -1.99. The number of halogens is 2. The van der Waals surface area contributed by atoms with E-state index in [-0.39, 0.29) is 17.5 Å². The van der Waals surface area contributed by atoms with E-state index >= 15 is 0 Å². The second-order valence-electron chi connectivity index (χ2n) is 6.19. The number of rotatable bonds is 6. The molecule has 0 atom stereocenters. The molecule has 0 aliphatic rings. The Bertz CT molecular complexity index is 1210. The van der Waals surface area contributed by atoms with Gasteiger partial charge in [0.2, 0.25) is 0 Å². The molecule has 0 unspecified atom stereocenters. The van der Waals surface area contributed by atoms with Crippen molar-refractivity contribution in [3.63, 3.8) is 0 Å². The van der Waals surface area contributed by atoms with E-state index in [2.05, 4.69) is 15.6 Å². The molecule has 0 saturated heterocycles. The largest absolute Gasteiger partial charge is 0.433 e. The first kappa shape index (κ1) is 18.7. The molecule has 0 aliphatic heterocycles. The van der Waals surface area contributed by atoms with Crippen molar-refractivity contribution in [2.24, 2.45) is 0 Å². The van der Waals surface area contributed by atoms with Gasteiger partial charge >= 0.3 is 5.88 Å². The second-order valence-corrected chi connectivity index (χ2v) is 6.60. The maximum atomic E-state index is 13.4. The molecule has 0 fully saturated rings. The molecule has 0 saturated carbocycles. The van der Waals surface area contributed by atoms with Crippen LogP contribution in [0.1, 0.15) is 5.76 Å². The van der Waals surface area contributed by atoms with Crippen molar-refractivity contribution in [2.75, 3.05) is 10.6 Å². The van der Waals surface area contributed by atoms with E-state index in [0.717, 1.165) is 22.3 Å². The molecule has 4 rings (SSSR count). The molecule has 29 heavy (non-hydrogen) atoms. The van der Waals surface area contributed by atoms with Crippen LogP contribution in [0, 0.1) is 15.9 Å². The van der Waals surface area contributed by atoms with Gasteiger partial charge in [0, 0.05) is 28.6 Å². The number of aromatic nitrogens is 1. The van der Waals surface area contributed by atoms with Gasteiger partial charge in [-0.05, 0) is 48.5 Å². The highest BCUT2D eigenvalue weighted by Gasteiger charge is 2.12. The van der Waals surface area contributed by atoms with Crippen LogP contribution in [0.15, 0.2) is 65.2 Å². The number of nitro groups is 1. The van der Waals surface area contributed by atoms with Crippen LogP contribution < -0.4 is 10.6 Å². The van der Waals surface area contributed by atoms with E-state index in [9.17, 15) is 14.5 Å². The first-order valence-corrected chi connectivity index (χ1v) is 8.95. The molecule has 0 spiro atoms. The highest BCUT2D eigenvalue weighted by Crippen LogP contribution is 2.29. The van der Waals surface area contributed by atoms with E-state index in [0.29, 0.717) is 11.4 Å². The minimum Gasteiger partial charge on any atom is -0.404 e. The summed E-state index contributed by atoms with van der Waals surface area (Å²) in [6, 6.07) is 14.7. The van der Waals surface area contributed by atoms with Crippen LogP contribution in [-0.2, 0) is 6.54 Å². The number of fused-ring (bicyclic) bond motifs is 1. The molecule has 2 N–H and O–H groups in total. The highest BCUT2D eigenvalue weighted by molar-refractivity contribution is 6.31. The minimum absolute atomic E-state index is 0.0308. The van der Waals surface area contributed by atoms with E-state index in [1.54, 1.807) is 24.4 Å². The summed E-state index contributed by atoms with van der Waals surface area (Å²) < 4.78 is 18.5. The zero-order valence-electron chi connectivity index (χ0n) is 14.9. The van der Waals surface area contributed by atoms with Gasteiger partial charge in [-0.1, -0.05) is 11.6 Å². The van der Waals surface area contributed by atoms with Gasteiger partial charge in [0.1, 0.15) is 16.5 Å². The van der Waals surface area contributed by atoms with Gasteiger partial charge in [-0.15, -0.1) is 0 Å². The molecule has 146 valence electrons. The Hall–Kier alpha value is -3.65. The van der Waals surface area contributed by atoms with Crippen LogP contribution in [0.25, 0.3) is 10.9 Å². The van der Waals surface area contributed by atoms with Crippen molar-refractivity contribution in [1.29, 1.82) is 0 Å². The number of nitrogens with one attached hydrogen (secondary N) is 2. The van der Waals surface area contributed by atoms with Crippen molar-refractivity contribution >= 4 is 45.5 Å². The maximum Gasteiger partial charge on any atom is 0.433 e. The van der Waals surface area contributed by atoms with Gasteiger partial charge in [0.15, 0.2) is 0 Å². The zero-order chi connectivity index (χ0) is 20.4. The lowest BCUT2D eigenvalue weighted by molar-refractivity contribution is -0.402. The molecular formula is C20H14ClFN4O3. The van der Waals surface area contributed by atoms with Gasteiger partial charge < -0.3 is 15.1 Å². The number of furan rings is 1. The molecule has 2 aromatic heterocycles. The summed E-state index contributed by atoms with van der Waals surface area (Å²) >= 11 is 5.86. The fourth-order valence-electron chi connectivity index (χ4n) is 2.84. The molecule has 0 bridgehead atoms. The van der Waals surface area contributed by atoms with Crippen LogP contribution >= 0.6 is 11.6 Å². The van der Waals surface area contributed by atoms with Crippen LogP contribution in [0.2, 0.25) is 5.02 Å². The molecular weight excluding hydrogens is 399 g/mol. The molecule has 2 aromatic carbocycles. The lowest BCUT2D eigenvalue weighted by atomic mass is 10.1. The van der Waals surface area contributed by atoms with Crippen molar-refractivity contribution in [3.8, 4) is 0 Å². The summed E-state index contributed by atoms with van der Waals surface area (Å²) in [6.45, 7) is 0.288. The normalized spacial score (nSPS) is 10.8. The fraction of sp³-hybridized carbons (Fsp3) is 0.0500. The fourth-order valence-corrected chi connectivity index (χ4v) is 3.02. The molecule has 7 nitrogen and oxygen atoms in total. The second kappa shape index (κ2) is 7.76. The summed E-state index contributed by atoms with van der Waals surface area (Å²) in [5, 5.41) is 18.0. The molecule has 0 amide bonds. The Morgan fingerprint density at radius 2 is 1.93 bits per heavy atom. The van der Waals surface area contributed by atoms with Crippen molar-refractivity contribution < 1.29 is 13.7 Å². The van der Waals surface area contributed by atoms with E-state index in [1.807, 2.05) is 18.2 Å². The molecule has 0 radical (unpaired) electrons. The first-order chi connectivity index (χ1) is 14.0. The Morgan fingerprint density at radius 1 is 1.10 bits per heavy atom. The van der Waals surface area contributed by atoms with Crippen molar-refractivity contribution in [1.82, 2.24) is 4.98 Å². The first-order valence-electron chi connectivity index (χ1n) is 8.57. The van der Waals surface area contributed by atoms with Crippen LogP contribution in [0.5, 0.6) is 0 Å². The number of nitrogens with zero attached hydrogens (tertiary/aromatic N) is 2. The molecule has 4 aromatic rings. The van der Waals surface area contributed by atoms with Gasteiger partial charge in [0.25, 0.3) is 0 Å². The van der Waals surface area contributed by atoms with Crippen LogP contribution in [0.4, 0.5) is 27.3 Å². The van der Waals surface area contributed by atoms with Gasteiger partial charge in [0.05, 0.1) is 23.2 Å². The number of anilines is 3. The Labute approximate surface area is 169 Å². The summed E-state index contributed by atoms with van der Waals surface area (Å²) in [5.74, 6) is -0.335. The third-order valence-electron chi connectivity index (χ3n) is 4.23. The number of pyridine rings is 1. The third kappa shape index (κ3) is 4.12. The van der Waals surface area contributed by atoms with E-state index < -0.39 is 10.7 Å². The Balaban J connectivity index is 1.57. The van der Waals surface area contributed by atoms with Gasteiger partial charge in [-0.2, -0.15) is 0 Å². The Morgan fingerprint density at radius 3 is 2.69 bits per heavy atom. The third-order valence-corrected chi connectivity index (χ3v) is 4.52. The number of hydrogen-bond donors (Lipinski definition) is 2. The minimum atomic E-state index is -0.579. The maximum absolute atomic E-state index is 13.4. The smallest absolute Gasteiger partial charge is 0.404 e. The number of hydrogen-bond acceptors (Lipinski definition) is 6. The lowest BCUT2D eigenvalue weighted by Gasteiger charge is -2.12. The van der Waals surface area contributed by atoms with Gasteiger partial charge in [-0.3, -0.25) is 15.1 Å². The van der Waals surface area contributed by atoms with Crippen LogP contribution in [-0.4, -0.2) is 9.91 Å². The monoisotopic (exact) mass is 412 g/mol. The predicted octanol–water partition coefficient (Wildman–Crippen LogP) is 5.88. The summed E-state index contributed by atoms with van der Waals surface area (Å²) in [7, 11) is 0. The van der Waals surface area contributed by atoms with Crippen LogP contribution in [0.3, 0.4) is 0 Å². The molecule has 2 heterocycles.